The summed E-state index contributed by atoms with van der Waals surface area (Å²) in [6.45, 7) is 4.07. The van der Waals surface area contributed by atoms with E-state index in [-0.39, 0.29) is 5.91 Å². The van der Waals surface area contributed by atoms with E-state index in [9.17, 15) is 4.79 Å². The van der Waals surface area contributed by atoms with Crippen molar-refractivity contribution in [3.8, 4) is 16.9 Å². The van der Waals surface area contributed by atoms with Crippen molar-refractivity contribution in [1.82, 2.24) is 14.8 Å². The molecule has 28 heavy (non-hydrogen) atoms. The molecule has 0 saturated heterocycles. The highest BCUT2D eigenvalue weighted by Crippen LogP contribution is 2.24. The summed E-state index contributed by atoms with van der Waals surface area (Å²) in [5.41, 5.74) is 6.00. The van der Waals surface area contributed by atoms with Crippen molar-refractivity contribution >= 4 is 11.6 Å². The number of anilines is 1. The van der Waals surface area contributed by atoms with Crippen LogP contribution in [0.25, 0.3) is 16.9 Å². The molecule has 0 spiro atoms. The summed E-state index contributed by atoms with van der Waals surface area (Å²) in [5, 5.41) is 7.51. The van der Waals surface area contributed by atoms with Crippen LogP contribution in [0.5, 0.6) is 0 Å². The van der Waals surface area contributed by atoms with Crippen molar-refractivity contribution in [1.29, 1.82) is 0 Å². The fourth-order valence-electron chi connectivity index (χ4n) is 2.99. The van der Waals surface area contributed by atoms with E-state index < -0.39 is 0 Å². The van der Waals surface area contributed by atoms with E-state index in [1.165, 1.54) is 5.56 Å². The number of nitrogens with zero attached hydrogens (tertiary/aromatic N) is 3. The van der Waals surface area contributed by atoms with E-state index in [2.05, 4.69) is 15.4 Å². The molecule has 0 saturated carbocycles. The van der Waals surface area contributed by atoms with Gasteiger partial charge in [0.1, 0.15) is 0 Å². The molecule has 0 atom stereocenters. The SMILES string of the molecule is Cc1ccc(NC(=O)c2cc(-c3cccnc3)n(-c3ccccc3)n2)cc1C. The fourth-order valence-corrected chi connectivity index (χ4v) is 2.99. The molecule has 2 heterocycles. The summed E-state index contributed by atoms with van der Waals surface area (Å²) in [5.74, 6) is -0.247. The number of carbonyl (C=O) groups excluding carboxylic acids is 1. The molecule has 0 unspecified atom stereocenters. The third-order valence-corrected chi connectivity index (χ3v) is 4.66. The number of amides is 1. The monoisotopic (exact) mass is 368 g/mol. The maximum Gasteiger partial charge on any atom is 0.276 e. The molecular weight excluding hydrogens is 348 g/mol. The first kappa shape index (κ1) is 17.7. The van der Waals surface area contributed by atoms with Gasteiger partial charge in [0.25, 0.3) is 5.91 Å². The molecule has 0 aliphatic carbocycles. The second kappa shape index (κ2) is 7.48. The van der Waals surface area contributed by atoms with E-state index in [1.807, 2.05) is 74.5 Å². The highest BCUT2D eigenvalue weighted by Gasteiger charge is 2.17. The van der Waals surface area contributed by atoms with Crippen molar-refractivity contribution in [2.75, 3.05) is 5.32 Å². The first-order valence-corrected chi connectivity index (χ1v) is 9.06. The molecule has 5 nitrogen and oxygen atoms in total. The Bertz CT molecular complexity index is 1060. The Hall–Kier alpha value is -3.73. The van der Waals surface area contributed by atoms with Gasteiger partial charge in [0.15, 0.2) is 5.69 Å². The van der Waals surface area contributed by atoms with Gasteiger partial charge >= 0.3 is 0 Å². The van der Waals surface area contributed by atoms with Gasteiger partial charge in [-0.15, -0.1) is 0 Å². The summed E-state index contributed by atoms with van der Waals surface area (Å²) in [6, 6.07) is 21.2. The molecule has 0 radical (unpaired) electrons. The Kier molecular flexibility index (Phi) is 4.72. The van der Waals surface area contributed by atoms with Crippen LogP contribution in [0.4, 0.5) is 5.69 Å². The zero-order valence-corrected chi connectivity index (χ0v) is 15.8. The minimum absolute atomic E-state index is 0.247. The summed E-state index contributed by atoms with van der Waals surface area (Å²) in [7, 11) is 0. The first-order valence-electron chi connectivity index (χ1n) is 9.06. The molecule has 2 aromatic carbocycles. The number of nitrogens with one attached hydrogen (secondary N) is 1. The molecule has 2 aromatic heterocycles. The lowest BCUT2D eigenvalue weighted by molar-refractivity contribution is 0.102. The number of rotatable bonds is 4. The van der Waals surface area contributed by atoms with Crippen LogP contribution in [0.15, 0.2) is 79.1 Å². The predicted octanol–water partition coefficient (Wildman–Crippen LogP) is 4.80. The smallest absolute Gasteiger partial charge is 0.276 e. The van der Waals surface area contributed by atoms with Crippen molar-refractivity contribution in [3.05, 3.63) is 95.9 Å². The average Bonchev–Trinajstić information content (AvgIpc) is 3.18. The van der Waals surface area contributed by atoms with Crippen LogP contribution in [0.2, 0.25) is 0 Å². The molecule has 1 N–H and O–H groups in total. The zero-order chi connectivity index (χ0) is 19.5. The lowest BCUT2D eigenvalue weighted by Crippen LogP contribution is -2.13. The summed E-state index contributed by atoms with van der Waals surface area (Å²) in [6.07, 6.45) is 3.49. The molecule has 0 bridgehead atoms. The van der Waals surface area contributed by atoms with Gasteiger partial charge in [-0.3, -0.25) is 9.78 Å². The molecule has 1 amide bonds. The Morgan fingerprint density at radius 2 is 1.75 bits per heavy atom. The number of aromatic nitrogens is 3. The third kappa shape index (κ3) is 3.55. The van der Waals surface area contributed by atoms with Gasteiger partial charge in [-0.2, -0.15) is 5.10 Å². The highest BCUT2D eigenvalue weighted by atomic mass is 16.1. The number of benzene rings is 2. The minimum atomic E-state index is -0.247. The van der Waals surface area contributed by atoms with Crippen LogP contribution in [-0.4, -0.2) is 20.7 Å². The Balaban J connectivity index is 1.72. The van der Waals surface area contributed by atoms with Gasteiger partial charge in [-0.25, -0.2) is 4.68 Å². The van der Waals surface area contributed by atoms with Gasteiger partial charge in [-0.1, -0.05) is 24.3 Å². The van der Waals surface area contributed by atoms with Gasteiger partial charge in [0.05, 0.1) is 11.4 Å². The van der Waals surface area contributed by atoms with Crippen molar-refractivity contribution in [2.24, 2.45) is 0 Å². The highest BCUT2D eigenvalue weighted by molar-refractivity contribution is 6.03. The number of hydrogen-bond donors (Lipinski definition) is 1. The quantitative estimate of drug-likeness (QED) is 0.563. The number of aryl methyl sites for hydroxylation is 2. The van der Waals surface area contributed by atoms with Gasteiger partial charge < -0.3 is 5.32 Å². The molecular formula is C23H20N4O. The summed E-state index contributed by atoms with van der Waals surface area (Å²) in [4.78, 5) is 17.0. The lowest BCUT2D eigenvalue weighted by atomic mass is 10.1. The minimum Gasteiger partial charge on any atom is -0.321 e. The Labute approximate surface area is 163 Å². The Morgan fingerprint density at radius 1 is 0.929 bits per heavy atom. The fraction of sp³-hybridized carbons (Fsp3) is 0.0870. The van der Waals surface area contributed by atoms with E-state index in [0.29, 0.717) is 5.69 Å². The van der Waals surface area contributed by atoms with Crippen LogP contribution in [0.3, 0.4) is 0 Å². The summed E-state index contributed by atoms with van der Waals surface area (Å²) >= 11 is 0. The van der Waals surface area contributed by atoms with Crippen LogP contribution in [0.1, 0.15) is 21.6 Å². The first-order chi connectivity index (χ1) is 13.6. The van der Waals surface area contributed by atoms with E-state index in [1.54, 1.807) is 23.1 Å². The van der Waals surface area contributed by atoms with Crippen molar-refractivity contribution in [3.63, 3.8) is 0 Å². The standard InChI is InChI=1S/C23H20N4O/c1-16-10-11-19(13-17(16)2)25-23(28)21-14-22(18-7-6-12-24-15-18)27(26-21)20-8-4-3-5-9-20/h3-15H,1-2H3,(H,25,28). The molecule has 0 fully saturated rings. The van der Waals surface area contributed by atoms with Crippen LogP contribution in [-0.2, 0) is 0 Å². The topological polar surface area (TPSA) is 59.8 Å². The van der Waals surface area contributed by atoms with Crippen LogP contribution < -0.4 is 5.32 Å². The second-order valence-corrected chi connectivity index (χ2v) is 6.66. The second-order valence-electron chi connectivity index (χ2n) is 6.66. The summed E-state index contributed by atoms with van der Waals surface area (Å²) < 4.78 is 1.77. The number of hydrogen-bond acceptors (Lipinski definition) is 3. The molecule has 4 rings (SSSR count). The zero-order valence-electron chi connectivity index (χ0n) is 15.8. The lowest BCUT2D eigenvalue weighted by Gasteiger charge is -2.07. The van der Waals surface area contributed by atoms with E-state index >= 15 is 0 Å². The third-order valence-electron chi connectivity index (χ3n) is 4.66. The molecule has 138 valence electrons. The van der Waals surface area contributed by atoms with Gasteiger partial charge in [0, 0.05) is 23.6 Å². The number of pyridine rings is 1. The van der Waals surface area contributed by atoms with E-state index in [0.717, 1.165) is 28.2 Å². The van der Waals surface area contributed by atoms with Gasteiger partial charge in [-0.05, 0) is 67.4 Å². The molecule has 0 aliphatic heterocycles. The van der Waals surface area contributed by atoms with Crippen molar-refractivity contribution in [2.45, 2.75) is 13.8 Å². The predicted molar refractivity (Wildman–Crippen MR) is 111 cm³/mol. The Morgan fingerprint density at radius 3 is 2.46 bits per heavy atom. The molecule has 5 heteroatoms. The number of carbonyl (C=O) groups is 1. The van der Waals surface area contributed by atoms with E-state index in [4.69, 9.17) is 0 Å². The normalized spacial score (nSPS) is 10.6. The van der Waals surface area contributed by atoms with Crippen LogP contribution in [0, 0.1) is 13.8 Å². The average molecular weight is 368 g/mol. The maximum absolute atomic E-state index is 12.8. The molecule has 0 aliphatic rings. The van der Waals surface area contributed by atoms with Crippen LogP contribution >= 0.6 is 0 Å². The number of para-hydroxylation sites is 1. The largest absolute Gasteiger partial charge is 0.321 e. The van der Waals surface area contributed by atoms with Crippen molar-refractivity contribution < 1.29 is 4.79 Å². The van der Waals surface area contributed by atoms with Gasteiger partial charge in [0.2, 0.25) is 0 Å². The maximum atomic E-state index is 12.8. The molecule has 4 aromatic rings.